The van der Waals surface area contributed by atoms with Crippen LogP contribution in [0.15, 0.2) is 78.9 Å². The van der Waals surface area contributed by atoms with Crippen LogP contribution in [0.4, 0.5) is 27.5 Å². The van der Waals surface area contributed by atoms with Crippen molar-refractivity contribution in [2.75, 3.05) is 46.8 Å². The highest BCUT2D eigenvalue weighted by Gasteiger charge is 2.40. The van der Waals surface area contributed by atoms with E-state index in [0.29, 0.717) is 22.7 Å². The van der Waals surface area contributed by atoms with Crippen LogP contribution in [-0.2, 0) is 19.1 Å². The fourth-order valence-electron chi connectivity index (χ4n) is 4.75. The summed E-state index contributed by atoms with van der Waals surface area (Å²) in [5.74, 6) is -1.73. The average Bonchev–Trinajstić information content (AvgIpc) is 3.11. The maximum absolute atomic E-state index is 14.1. The molecule has 0 bridgehead atoms. The minimum absolute atomic E-state index is 0.165. The molecule has 0 fully saturated rings. The number of urea groups is 1. The van der Waals surface area contributed by atoms with Crippen molar-refractivity contribution in [2.45, 2.75) is 33.7 Å². The molecule has 230 valence electrons. The molecule has 1 heterocycles. The summed E-state index contributed by atoms with van der Waals surface area (Å²) >= 11 is 0. The molecular weight excluding hydrogens is 562 g/mol. The van der Waals surface area contributed by atoms with Crippen molar-refractivity contribution in [3.63, 3.8) is 0 Å². The Balaban J connectivity index is 1.66. The molecule has 1 aliphatic rings. The van der Waals surface area contributed by atoms with E-state index in [-0.39, 0.29) is 37.1 Å². The number of anilines is 4. The Labute approximate surface area is 256 Å². The SMILES string of the molecule is CCOC(=O)c1cccc(NC(=O)NC2CN(C(=O)C(C)(C)C)c3ccccc3N(CC(=O)N(C)c3ccccc3)C2=O)c1. The maximum Gasteiger partial charge on any atom is 0.338 e. The van der Waals surface area contributed by atoms with Crippen molar-refractivity contribution in [3.8, 4) is 0 Å². The number of fused-ring (bicyclic) bond motifs is 1. The van der Waals surface area contributed by atoms with Crippen LogP contribution >= 0.6 is 0 Å². The second-order valence-corrected chi connectivity index (χ2v) is 11.3. The monoisotopic (exact) mass is 599 g/mol. The third-order valence-electron chi connectivity index (χ3n) is 7.03. The van der Waals surface area contributed by atoms with Crippen molar-refractivity contribution >= 4 is 52.5 Å². The lowest BCUT2D eigenvalue weighted by molar-refractivity contribution is -0.126. The molecule has 0 aromatic heterocycles. The number of amides is 5. The predicted molar refractivity (Wildman–Crippen MR) is 169 cm³/mol. The lowest BCUT2D eigenvalue weighted by Gasteiger charge is -2.31. The molecule has 1 unspecified atom stereocenters. The van der Waals surface area contributed by atoms with Gasteiger partial charge in [0.2, 0.25) is 11.8 Å². The van der Waals surface area contributed by atoms with Gasteiger partial charge in [-0.15, -0.1) is 0 Å². The molecule has 0 spiro atoms. The van der Waals surface area contributed by atoms with Gasteiger partial charge in [-0.05, 0) is 49.4 Å². The first-order valence-electron chi connectivity index (χ1n) is 14.3. The first kappa shape index (κ1) is 31.7. The Hall–Kier alpha value is -5.19. The second kappa shape index (κ2) is 13.4. The molecule has 3 aromatic carbocycles. The van der Waals surface area contributed by atoms with Crippen molar-refractivity contribution in [1.29, 1.82) is 0 Å². The molecule has 0 aliphatic carbocycles. The maximum atomic E-state index is 14.1. The van der Waals surface area contributed by atoms with Crippen molar-refractivity contribution in [3.05, 3.63) is 84.4 Å². The van der Waals surface area contributed by atoms with Gasteiger partial charge in [-0.1, -0.05) is 57.2 Å². The highest BCUT2D eigenvalue weighted by Crippen LogP contribution is 2.35. The number of benzene rings is 3. The topological polar surface area (TPSA) is 128 Å². The van der Waals surface area contributed by atoms with E-state index in [2.05, 4.69) is 10.6 Å². The number of nitrogens with one attached hydrogen (secondary N) is 2. The van der Waals surface area contributed by atoms with E-state index in [0.717, 1.165) is 0 Å². The van der Waals surface area contributed by atoms with Gasteiger partial charge in [0, 0.05) is 23.8 Å². The Morgan fingerprint density at radius 2 is 1.59 bits per heavy atom. The molecule has 1 atom stereocenters. The second-order valence-electron chi connectivity index (χ2n) is 11.3. The number of carbonyl (C=O) groups is 5. The zero-order chi connectivity index (χ0) is 32.0. The molecule has 3 aromatic rings. The smallest absolute Gasteiger partial charge is 0.338 e. The highest BCUT2D eigenvalue weighted by atomic mass is 16.5. The number of nitrogens with zero attached hydrogens (tertiary/aromatic N) is 3. The van der Waals surface area contributed by atoms with Crippen LogP contribution in [0.2, 0.25) is 0 Å². The van der Waals surface area contributed by atoms with Crippen LogP contribution in [0.3, 0.4) is 0 Å². The van der Waals surface area contributed by atoms with Crippen molar-refractivity contribution < 1.29 is 28.7 Å². The Kier molecular flexibility index (Phi) is 9.67. The minimum atomic E-state index is -1.21. The molecule has 0 radical (unpaired) electrons. The summed E-state index contributed by atoms with van der Waals surface area (Å²) in [7, 11) is 1.62. The zero-order valence-electron chi connectivity index (χ0n) is 25.5. The molecule has 11 nitrogen and oxygen atoms in total. The Bertz CT molecular complexity index is 1550. The third kappa shape index (κ3) is 7.23. The molecule has 2 N–H and O–H groups in total. The van der Waals surface area contributed by atoms with Gasteiger partial charge in [-0.3, -0.25) is 19.3 Å². The predicted octanol–water partition coefficient (Wildman–Crippen LogP) is 4.44. The highest BCUT2D eigenvalue weighted by molar-refractivity contribution is 6.12. The van der Waals surface area contributed by atoms with Crippen molar-refractivity contribution in [1.82, 2.24) is 5.32 Å². The standard InChI is InChI=1S/C33H37N5O6/c1-6-44-30(41)22-13-12-14-23(19-22)34-32(43)35-25-20-38(31(42)33(2,3)4)27-18-11-10-17-26(27)37(29(25)40)21-28(39)36(5)24-15-8-7-9-16-24/h7-19,25H,6,20-21H2,1-5H3,(H2,34,35,43). The molecule has 5 amide bonds. The number of ether oxygens (including phenoxy) is 1. The summed E-state index contributed by atoms with van der Waals surface area (Å²) in [5.41, 5.74) is 1.21. The lowest BCUT2D eigenvalue weighted by atomic mass is 9.94. The van der Waals surface area contributed by atoms with Crippen LogP contribution in [0, 0.1) is 5.41 Å². The van der Waals surface area contributed by atoms with E-state index in [1.807, 2.05) is 18.2 Å². The average molecular weight is 600 g/mol. The summed E-state index contributed by atoms with van der Waals surface area (Å²) in [4.78, 5) is 70.9. The number of hydrogen-bond donors (Lipinski definition) is 2. The van der Waals surface area contributed by atoms with Crippen LogP contribution in [0.25, 0.3) is 0 Å². The molecule has 4 rings (SSSR count). The van der Waals surface area contributed by atoms with E-state index in [1.54, 1.807) is 89.3 Å². The minimum Gasteiger partial charge on any atom is -0.462 e. The van der Waals surface area contributed by atoms with E-state index in [4.69, 9.17) is 4.74 Å². The summed E-state index contributed by atoms with van der Waals surface area (Å²) in [5, 5.41) is 5.34. The van der Waals surface area contributed by atoms with Gasteiger partial charge in [0.1, 0.15) is 12.6 Å². The third-order valence-corrected chi connectivity index (χ3v) is 7.03. The zero-order valence-corrected chi connectivity index (χ0v) is 25.5. The van der Waals surface area contributed by atoms with Gasteiger partial charge in [0.15, 0.2) is 0 Å². The molecule has 11 heteroatoms. The van der Waals surface area contributed by atoms with Crippen LogP contribution in [0.5, 0.6) is 0 Å². The Morgan fingerprint density at radius 3 is 2.25 bits per heavy atom. The number of carbonyl (C=O) groups excluding carboxylic acids is 5. The first-order valence-corrected chi connectivity index (χ1v) is 14.3. The van der Waals surface area contributed by atoms with Gasteiger partial charge in [0.05, 0.1) is 30.1 Å². The largest absolute Gasteiger partial charge is 0.462 e. The lowest BCUT2D eigenvalue weighted by Crippen LogP contribution is -2.55. The molecule has 0 saturated carbocycles. The number of para-hydroxylation sites is 3. The van der Waals surface area contributed by atoms with E-state index in [1.165, 1.54) is 20.8 Å². The van der Waals surface area contributed by atoms with Gasteiger partial charge in [-0.25, -0.2) is 9.59 Å². The quantitative estimate of drug-likeness (QED) is 0.387. The first-order chi connectivity index (χ1) is 20.9. The number of hydrogen-bond acceptors (Lipinski definition) is 6. The molecule has 44 heavy (non-hydrogen) atoms. The molecule has 0 saturated heterocycles. The van der Waals surface area contributed by atoms with E-state index < -0.39 is 29.4 Å². The summed E-state index contributed by atoms with van der Waals surface area (Å²) < 4.78 is 5.03. The number of rotatable bonds is 7. The Morgan fingerprint density at radius 1 is 0.932 bits per heavy atom. The molecule has 1 aliphatic heterocycles. The van der Waals surface area contributed by atoms with Gasteiger partial charge < -0.3 is 25.2 Å². The normalized spacial score (nSPS) is 14.7. The number of esters is 1. The van der Waals surface area contributed by atoms with Crippen LogP contribution in [-0.4, -0.2) is 62.5 Å². The van der Waals surface area contributed by atoms with Crippen LogP contribution in [0.1, 0.15) is 38.1 Å². The van der Waals surface area contributed by atoms with E-state index >= 15 is 0 Å². The summed E-state index contributed by atoms with van der Waals surface area (Å²) in [6, 6.07) is 20.1. The number of likely N-dealkylation sites (N-methyl/N-ethyl adjacent to an activating group) is 1. The summed E-state index contributed by atoms with van der Waals surface area (Å²) in [6.45, 7) is 6.71. The molecular formula is C33H37N5O6. The van der Waals surface area contributed by atoms with Gasteiger partial charge >= 0.3 is 12.0 Å². The fourth-order valence-corrected chi connectivity index (χ4v) is 4.75. The van der Waals surface area contributed by atoms with E-state index in [9.17, 15) is 24.0 Å². The van der Waals surface area contributed by atoms with Gasteiger partial charge in [-0.2, -0.15) is 0 Å². The van der Waals surface area contributed by atoms with Crippen molar-refractivity contribution in [2.24, 2.45) is 5.41 Å². The fraction of sp³-hybridized carbons (Fsp3) is 0.303. The summed E-state index contributed by atoms with van der Waals surface area (Å²) in [6.07, 6.45) is 0. The van der Waals surface area contributed by atoms with Gasteiger partial charge in [0.25, 0.3) is 5.91 Å². The van der Waals surface area contributed by atoms with Crippen LogP contribution < -0.4 is 25.3 Å².